The molecule has 0 spiro atoms. The molecule has 2 fully saturated rings. The molecule has 8 amide bonds. The van der Waals surface area contributed by atoms with E-state index in [0.29, 0.717) is 30.4 Å². The van der Waals surface area contributed by atoms with Gasteiger partial charge >= 0.3 is 11.9 Å². The van der Waals surface area contributed by atoms with Gasteiger partial charge in [0.05, 0.1) is 12.2 Å². The van der Waals surface area contributed by atoms with Crippen LogP contribution in [0.25, 0.3) is 0 Å². The van der Waals surface area contributed by atoms with Crippen LogP contribution in [0.1, 0.15) is 164 Å². The Kier molecular flexibility index (Phi) is 29.0. The fraction of sp³-hybridized carbons (Fsp3) is 0.672. The van der Waals surface area contributed by atoms with Crippen molar-refractivity contribution in [3.63, 3.8) is 0 Å². The second-order valence-corrected chi connectivity index (χ2v) is 25.9. The van der Waals surface area contributed by atoms with Gasteiger partial charge in [-0.2, -0.15) is 0 Å². The fourth-order valence-electron chi connectivity index (χ4n) is 12.0. The molecule has 2 saturated heterocycles. The molecular formula is C67H104N8O13. The lowest BCUT2D eigenvalue weighted by Crippen LogP contribution is -2.62. The molecule has 0 aromatic heterocycles. The highest BCUT2D eigenvalue weighted by molar-refractivity contribution is 5.99. The van der Waals surface area contributed by atoms with Gasteiger partial charge in [0.15, 0.2) is 12.1 Å². The monoisotopic (exact) mass is 1230 g/mol. The second kappa shape index (κ2) is 34.7. The van der Waals surface area contributed by atoms with Gasteiger partial charge in [0.1, 0.15) is 42.3 Å². The van der Waals surface area contributed by atoms with Crippen molar-refractivity contribution in [2.75, 3.05) is 41.3 Å². The first-order chi connectivity index (χ1) is 41.5. The molecule has 2 aromatic carbocycles. The minimum Gasteiger partial charge on any atom is -0.466 e. The number of carbonyl (C=O) groups excluding carboxylic acids is 10. The highest BCUT2D eigenvalue weighted by Crippen LogP contribution is 2.27. The molecule has 0 saturated carbocycles. The molecule has 2 aliphatic heterocycles. The highest BCUT2D eigenvalue weighted by atomic mass is 16.6. The first-order valence-electron chi connectivity index (χ1n) is 31.9. The van der Waals surface area contributed by atoms with Crippen molar-refractivity contribution in [1.82, 2.24) is 40.4 Å². The number of amides is 8. The Hall–Kier alpha value is -6.90. The number of hydrogen-bond donors (Lipinski definition) is 4. The summed E-state index contributed by atoms with van der Waals surface area (Å²) in [6.45, 7) is 19.0. The van der Waals surface area contributed by atoms with Crippen molar-refractivity contribution in [2.24, 2.45) is 23.7 Å². The first-order valence-corrected chi connectivity index (χ1v) is 31.9. The van der Waals surface area contributed by atoms with Crippen molar-refractivity contribution in [3.05, 3.63) is 71.8 Å². The van der Waals surface area contributed by atoms with Crippen molar-refractivity contribution in [1.29, 1.82) is 0 Å². The predicted molar refractivity (Wildman–Crippen MR) is 335 cm³/mol. The van der Waals surface area contributed by atoms with Crippen LogP contribution < -0.4 is 16.0 Å². The average Bonchev–Trinajstić information content (AvgIpc) is 3.37. The third-order valence-electron chi connectivity index (χ3n) is 17.0. The summed E-state index contributed by atoms with van der Waals surface area (Å²) in [5.74, 6) is -9.56. The lowest BCUT2D eigenvalue weighted by Gasteiger charge is -2.39. The summed E-state index contributed by atoms with van der Waals surface area (Å²) in [6.07, 6.45) is 4.58. The predicted octanol–water partition coefficient (Wildman–Crippen LogP) is 6.01. The zero-order valence-corrected chi connectivity index (χ0v) is 55.2. The third kappa shape index (κ3) is 20.6. The number of rotatable bonds is 21. The Morgan fingerprint density at radius 3 is 1.66 bits per heavy atom. The quantitative estimate of drug-likeness (QED) is 0.0826. The molecule has 2 heterocycles. The number of hydrogen-bond acceptors (Lipinski definition) is 13. The lowest BCUT2D eigenvalue weighted by molar-refractivity contribution is -0.177. The van der Waals surface area contributed by atoms with Crippen LogP contribution >= 0.6 is 0 Å². The van der Waals surface area contributed by atoms with Gasteiger partial charge in [-0.25, -0.2) is 4.79 Å². The maximum absolute atomic E-state index is 15.4. The summed E-state index contributed by atoms with van der Waals surface area (Å²) in [7, 11) is 5.54. The molecule has 0 aliphatic carbocycles. The average molecular weight is 1230 g/mol. The van der Waals surface area contributed by atoms with Crippen LogP contribution in [0.2, 0.25) is 0 Å². The zero-order chi connectivity index (χ0) is 65.7. The van der Waals surface area contributed by atoms with E-state index in [0.717, 1.165) is 37.0 Å². The van der Waals surface area contributed by atoms with Crippen molar-refractivity contribution < 1.29 is 62.5 Å². The smallest absolute Gasteiger partial charge is 0.332 e. The Morgan fingerprint density at radius 2 is 1.12 bits per heavy atom. The Bertz CT molecular complexity index is 2650. The van der Waals surface area contributed by atoms with Crippen molar-refractivity contribution in [2.45, 2.75) is 226 Å². The van der Waals surface area contributed by atoms with Gasteiger partial charge in [-0.05, 0) is 81.3 Å². The number of carbonyl (C=O) groups is 10. The number of likely N-dealkylation sites (N-methyl/N-ethyl adjacent to an activating group) is 4. The molecular weight excluding hydrogens is 1120 g/mol. The first kappa shape index (κ1) is 73.6. The standard InChI is InChI=1S/C67H104N8O13/c1-16-18-19-20-21-28-38-87-53(76)36-35-48-61(80)72(13)54(43(5)6)59(78)69-49(39-42(3)4)63(82)74(15)57(67(10,11)86)66(85)88-56(45(9)17-2)65(84)73(14)55(44(7)8)60(79)70-50(40-46-30-24-22-25-31-46)62(81)71(12)52(41-47-32-26-23-27-33-47)64(83)75-37-29-34-51(75)58(77)68-48/h22-27,30-33,42-45,48-52,54-57,86H,16-21,28-29,34-41H2,1-15H3,(H,68,77)(H,69,78)(H,70,79)/t45-,48+,49+,50+,51+,52+,54+,55+,56-,57-/m1/s1. The van der Waals surface area contributed by atoms with Crippen LogP contribution in [0.4, 0.5) is 0 Å². The van der Waals surface area contributed by atoms with E-state index in [4.69, 9.17) is 9.47 Å². The third-order valence-corrected chi connectivity index (χ3v) is 17.0. The number of aliphatic hydroxyl groups is 1. The maximum Gasteiger partial charge on any atom is 0.332 e. The molecule has 4 rings (SSSR count). The van der Waals surface area contributed by atoms with Gasteiger partial charge in [0.25, 0.3) is 5.91 Å². The highest BCUT2D eigenvalue weighted by Gasteiger charge is 2.48. The Morgan fingerprint density at radius 1 is 0.625 bits per heavy atom. The van der Waals surface area contributed by atoms with Gasteiger partial charge in [-0.3, -0.25) is 43.2 Å². The SMILES string of the molecule is CCCCCCCCOC(=O)CC[C@@H]1NC(=O)[C@@H]2CCCN2C(=O)[C@H](Cc2ccccc2)N(C)C(=O)[C@H](Cc2ccccc2)NC(=O)[C@H](C(C)C)N(C)C(=O)[C@@H]([C@H](C)CC)OC(=O)[C@H](C(C)(C)O)N(C)C(=O)[C@H](CC(C)C)NC(=O)[C@H](C(C)C)N(C)C1=O. The number of nitrogens with zero attached hydrogens (tertiary/aromatic N) is 5. The summed E-state index contributed by atoms with van der Waals surface area (Å²) < 4.78 is 11.7. The van der Waals surface area contributed by atoms with E-state index in [1.807, 2.05) is 32.0 Å². The number of benzene rings is 2. The van der Waals surface area contributed by atoms with E-state index >= 15 is 19.2 Å². The molecule has 21 nitrogen and oxygen atoms in total. The van der Waals surface area contributed by atoms with Gasteiger partial charge in [0.2, 0.25) is 41.4 Å². The van der Waals surface area contributed by atoms with Gasteiger partial charge in [0, 0.05) is 59.9 Å². The molecule has 88 heavy (non-hydrogen) atoms. The molecule has 21 heteroatoms. The van der Waals surface area contributed by atoms with Crippen LogP contribution in [-0.2, 0) is 70.3 Å². The molecule has 10 atom stereocenters. The van der Waals surface area contributed by atoms with Gasteiger partial charge < -0.3 is 55.0 Å². The number of unbranched alkanes of at least 4 members (excludes halogenated alkanes) is 5. The molecule has 0 bridgehead atoms. The van der Waals surface area contributed by atoms with Crippen LogP contribution in [0.15, 0.2) is 60.7 Å². The molecule has 2 aliphatic rings. The number of ether oxygens (including phenoxy) is 2. The molecule has 0 unspecified atom stereocenters. The molecule has 2 aromatic rings. The fourth-order valence-corrected chi connectivity index (χ4v) is 12.0. The Labute approximate surface area is 523 Å². The van der Waals surface area contributed by atoms with Gasteiger partial charge in [-0.15, -0.1) is 0 Å². The summed E-state index contributed by atoms with van der Waals surface area (Å²) in [4.78, 5) is 155. The van der Waals surface area contributed by atoms with Crippen LogP contribution in [0.3, 0.4) is 0 Å². The minimum absolute atomic E-state index is 0.000513. The minimum atomic E-state index is -2.01. The number of cyclic esters (lactones) is 1. The topological polar surface area (TPSA) is 262 Å². The normalized spacial score (nSPS) is 24.6. The van der Waals surface area contributed by atoms with Crippen molar-refractivity contribution in [3.8, 4) is 0 Å². The van der Waals surface area contributed by atoms with Crippen LogP contribution in [0.5, 0.6) is 0 Å². The van der Waals surface area contributed by atoms with E-state index in [-0.39, 0.29) is 57.6 Å². The number of fused-ring (bicyclic) bond motifs is 1. The van der Waals surface area contributed by atoms with E-state index in [2.05, 4.69) is 22.9 Å². The maximum atomic E-state index is 15.4. The zero-order valence-electron chi connectivity index (χ0n) is 55.2. The molecule has 0 radical (unpaired) electrons. The molecule has 490 valence electrons. The summed E-state index contributed by atoms with van der Waals surface area (Å²) in [5, 5.41) is 20.4. The van der Waals surface area contributed by atoms with E-state index in [1.54, 1.807) is 84.0 Å². The van der Waals surface area contributed by atoms with Gasteiger partial charge in [-0.1, -0.05) is 155 Å². The largest absolute Gasteiger partial charge is 0.466 e. The summed E-state index contributed by atoms with van der Waals surface area (Å²) >= 11 is 0. The number of nitrogens with one attached hydrogen (secondary N) is 3. The summed E-state index contributed by atoms with van der Waals surface area (Å²) in [6, 6.07) is 7.20. The number of esters is 2. The van der Waals surface area contributed by atoms with Crippen LogP contribution in [0, 0.1) is 23.7 Å². The summed E-state index contributed by atoms with van der Waals surface area (Å²) in [5.41, 5.74) is -0.647. The van der Waals surface area contributed by atoms with Crippen LogP contribution in [-0.4, -0.2) is 190 Å². The van der Waals surface area contributed by atoms with E-state index in [9.17, 15) is 33.9 Å². The van der Waals surface area contributed by atoms with E-state index in [1.165, 1.54) is 61.6 Å². The Balaban J connectivity index is 1.95. The molecule has 4 N–H and O–H groups in total. The lowest BCUT2D eigenvalue weighted by atomic mass is 9.94. The van der Waals surface area contributed by atoms with E-state index < -0.39 is 137 Å². The van der Waals surface area contributed by atoms with Crippen molar-refractivity contribution >= 4 is 59.2 Å². The second-order valence-electron chi connectivity index (χ2n) is 25.9.